The van der Waals surface area contributed by atoms with Crippen molar-refractivity contribution in [2.75, 3.05) is 13.2 Å². The van der Waals surface area contributed by atoms with E-state index in [1.165, 1.54) is 0 Å². The molecule has 1 fully saturated rings. The number of esters is 1. The van der Waals surface area contributed by atoms with Gasteiger partial charge >= 0.3 is 5.97 Å². The molecule has 5 heteroatoms. The van der Waals surface area contributed by atoms with Crippen LogP contribution in [0.4, 0.5) is 0 Å². The minimum Gasteiger partial charge on any atom is -0.465 e. The highest BCUT2D eigenvalue weighted by Crippen LogP contribution is 2.18. The number of ketones is 1. The lowest BCUT2D eigenvalue weighted by molar-refractivity contribution is -0.161. The van der Waals surface area contributed by atoms with E-state index in [-0.39, 0.29) is 18.8 Å². The van der Waals surface area contributed by atoms with Gasteiger partial charge in [-0.05, 0) is 12.5 Å². The number of piperidine rings is 1. The predicted molar refractivity (Wildman–Crippen MR) is 71.6 cm³/mol. The smallest absolute Gasteiger partial charge is 0.326 e. The van der Waals surface area contributed by atoms with Crippen LogP contribution < -0.4 is 0 Å². The Morgan fingerprint density at radius 3 is 2.65 bits per heavy atom. The number of nitrogens with zero attached hydrogens (tertiary/aromatic N) is 1. The van der Waals surface area contributed by atoms with Gasteiger partial charge in [-0.2, -0.15) is 0 Å². The molecule has 1 aliphatic heterocycles. The molecule has 0 saturated carbocycles. The van der Waals surface area contributed by atoms with Gasteiger partial charge in [-0.25, -0.2) is 0 Å². The summed E-state index contributed by atoms with van der Waals surface area (Å²) in [5.74, 6) is -2.83. The third-order valence-corrected chi connectivity index (χ3v) is 3.25. The van der Waals surface area contributed by atoms with E-state index >= 15 is 0 Å². The molecular weight excluding hydrogens is 258 g/mol. The van der Waals surface area contributed by atoms with Crippen LogP contribution >= 0.6 is 0 Å². The quantitative estimate of drug-likeness (QED) is 0.611. The molecule has 1 aliphatic rings. The van der Waals surface area contributed by atoms with Gasteiger partial charge in [0.05, 0.1) is 6.61 Å². The zero-order valence-electron chi connectivity index (χ0n) is 11.4. The van der Waals surface area contributed by atoms with Crippen molar-refractivity contribution in [1.29, 1.82) is 0 Å². The summed E-state index contributed by atoms with van der Waals surface area (Å²) >= 11 is 0. The second-order valence-electron chi connectivity index (χ2n) is 4.65. The van der Waals surface area contributed by atoms with Crippen LogP contribution in [0.1, 0.15) is 18.9 Å². The van der Waals surface area contributed by atoms with E-state index in [2.05, 4.69) is 0 Å². The van der Waals surface area contributed by atoms with Crippen molar-refractivity contribution in [2.45, 2.75) is 19.9 Å². The summed E-state index contributed by atoms with van der Waals surface area (Å²) in [6.07, 6.45) is 0.196. The maximum absolute atomic E-state index is 12.3. The van der Waals surface area contributed by atoms with Gasteiger partial charge in [-0.3, -0.25) is 14.4 Å². The van der Waals surface area contributed by atoms with Crippen molar-refractivity contribution in [2.24, 2.45) is 5.92 Å². The summed E-state index contributed by atoms with van der Waals surface area (Å²) in [5, 5.41) is 0. The van der Waals surface area contributed by atoms with E-state index in [1.54, 1.807) is 11.8 Å². The fourth-order valence-corrected chi connectivity index (χ4v) is 2.24. The number of rotatable bonds is 4. The SMILES string of the molecule is CCOC(=O)C1C(=O)CCN(Cc2ccccc2)C1=O. The number of Topliss-reactive ketones (excluding diaryl/α,β-unsaturated/α-hetero) is 1. The van der Waals surface area contributed by atoms with E-state index < -0.39 is 17.8 Å². The predicted octanol–water partition coefficient (Wildman–Crippen LogP) is 1.17. The van der Waals surface area contributed by atoms with E-state index in [9.17, 15) is 14.4 Å². The van der Waals surface area contributed by atoms with Crippen LogP contribution in [-0.4, -0.2) is 35.7 Å². The molecule has 0 spiro atoms. The topological polar surface area (TPSA) is 63.7 Å². The van der Waals surface area contributed by atoms with E-state index in [0.717, 1.165) is 5.56 Å². The number of amides is 1. The summed E-state index contributed by atoms with van der Waals surface area (Å²) < 4.78 is 4.81. The summed E-state index contributed by atoms with van der Waals surface area (Å²) in [6, 6.07) is 9.48. The largest absolute Gasteiger partial charge is 0.465 e. The summed E-state index contributed by atoms with van der Waals surface area (Å²) in [5.41, 5.74) is 0.970. The minimum absolute atomic E-state index is 0.161. The second kappa shape index (κ2) is 6.32. The molecule has 1 saturated heterocycles. The highest BCUT2D eigenvalue weighted by molar-refractivity contribution is 6.17. The van der Waals surface area contributed by atoms with Gasteiger partial charge < -0.3 is 9.64 Å². The van der Waals surface area contributed by atoms with Crippen LogP contribution in [0.25, 0.3) is 0 Å². The Morgan fingerprint density at radius 2 is 2.00 bits per heavy atom. The second-order valence-corrected chi connectivity index (χ2v) is 4.65. The van der Waals surface area contributed by atoms with Crippen molar-refractivity contribution in [3.8, 4) is 0 Å². The maximum atomic E-state index is 12.3. The molecule has 20 heavy (non-hydrogen) atoms. The number of benzene rings is 1. The zero-order chi connectivity index (χ0) is 14.5. The molecule has 2 rings (SSSR count). The number of likely N-dealkylation sites (tertiary alicyclic amines) is 1. The van der Waals surface area contributed by atoms with Gasteiger partial charge in [-0.1, -0.05) is 30.3 Å². The van der Waals surface area contributed by atoms with Crippen LogP contribution in [-0.2, 0) is 25.7 Å². The van der Waals surface area contributed by atoms with Gasteiger partial charge in [0, 0.05) is 19.5 Å². The van der Waals surface area contributed by atoms with Crippen LogP contribution in [0, 0.1) is 5.92 Å². The molecule has 1 amide bonds. The zero-order valence-corrected chi connectivity index (χ0v) is 11.4. The van der Waals surface area contributed by atoms with Crippen molar-refractivity contribution >= 4 is 17.7 Å². The van der Waals surface area contributed by atoms with Crippen molar-refractivity contribution in [1.82, 2.24) is 4.90 Å². The van der Waals surface area contributed by atoms with Crippen molar-refractivity contribution in [3.05, 3.63) is 35.9 Å². The monoisotopic (exact) mass is 275 g/mol. The van der Waals surface area contributed by atoms with Gasteiger partial charge in [0.15, 0.2) is 11.7 Å². The van der Waals surface area contributed by atoms with Crippen LogP contribution in [0.15, 0.2) is 30.3 Å². The van der Waals surface area contributed by atoms with Gasteiger partial charge in [0.2, 0.25) is 5.91 Å². The standard InChI is InChI=1S/C15H17NO4/c1-2-20-15(19)13-12(17)8-9-16(14(13)18)10-11-6-4-3-5-7-11/h3-7,13H,2,8-10H2,1H3. The number of carbonyl (C=O) groups excluding carboxylic acids is 3. The highest BCUT2D eigenvalue weighted by Gasteiger charge is 2.41. The molecule has 0 aromatic heterocycles. The molecule has 0 aliphatic carbocycles. The molecule has 1 aromatic rings. The van der Waals surface area contributed by atoms with Gasteiger partial charge in [-0.15, -0.1) is 0 Å². The fourth-order valence-electron chi connectivity index (χ4n) is 2.24. The molecule has 106 valence electrons. The molecular formula is C15H17NO4. The molecule has 1 heterocycles. The molecule has 0 N–H and O–H groups in total. The van der Waals surface area contributed by atoms with Gasteiger partial charge in [0.1, 0.15) is 0 Å². The minimum atomic E-state index is -1.28. The average Bonchev–Trinajstić information content (AvgIpc) is 2.44. The third-order valence-electron chi connectivity index (χ3n) is 3.25. The van der Waals surface area contributed by atoms with Crippen molar-refractivity contribution in [3.63, 3.8) is 0 Å². The lowest BCUT2D eigenvalue weighted by Crippen LogP contribution is -2.49. The van der Waals surface area contributed by atoms with Crippen LogP contribution in [0.2, 0.25) is 0 Å². The van der Waals surface area contributed by atoms with Gasteiger partial charge in [0.25, 0.3) is 0 Å². The number of hydrogen-bond donors (Lipinski definition) is 0. The fraction of sp³-hybridized carbons (Fsp3) is 0.400. The van der Waals surface area contributed by atoms with E-state index in [0.29, 0.717) is 13.1 Å². The first-order chi connectivity index (χ1) is 9.63. The summed E-state index contributed by atoms with van der Waals surface area (Å²) in [6.45, 7) is 2.57. The normalized spacial score (nSPS) is 19.1. The molecule has 0 bridgehead atoms. The van der Waals surface area contributed by atoms with E-state index in [1.807, 2.05) is 30.3 Å². The molecule has 1 atom stereocenters. The molecule has 1 aromatic carbocycles. The van der Waals surface area contributed by atoms with E-state index in [4.69, 9.17) is 4.74 Å². The van der Waals surface area contributed by atoms with Crippen LogP contribution in [0.3, 0.4) is 0 Å². The average molecular weight is 275 g/mol. The highest BCUT2D eigenvalue weighted by atomic mass is 16.5. The number of carbonyl (C=O) groups is 3. The Kier molecular flexibility index (Phi) is 4.50. The molecule has 0 radical (unpaired) electrons. The first-order valence-corrected chi connectivity index (χ1v) is 6.65. The van der Waals surface area contributed by atoms with Crippen molar-refractivity contribution < 1.29 is 19.1 Å². The summed E-state index contributed by atoms with van der Waals surface area (Å²) in [4.78, 5) is 37.3. The molecule has 1 unspecified atom stereocenters. The lowest BCUT2D eigenvalue weighted by Gasteiger charge is -2.30. The first-order valence-electron chi connectivity index (χ1n) is 6.65. The maximum Gasteiger partial charge on any atom is 0.326 e. The number of hydrogen-bond acceptors (Lipinski definition) is 4. The third kappa shape index (κ3) is 3.04. The number of ether oxygens (including phenoxy) is 1. The lowest BCUT2D eigenvalue weighted by atomic mass is 9.95. The Hall–Kier alpha value is -2.17. The Balaban J connectivity index is 2.10. The molecule has 5 nitrogen and oxygen atoms in total. The Morgan fingerprint density at radius 1 is 1.30 bits per heavy atom. The Bertz CT molecular complexity index is 512. The summed E-state index contributed by atoms with van der Waals surface area (Å²) in [7, 11) is 0. The first kappa shape index (κ1) is 14.2. The Labute approximate surface area is 117 Å². The van der Waals surface area contributed by atoms with Crippen LogP contribution in [0.5, 0.6) is 0 Å².